The van der Waals surface area contributed by atoms with E-state index in [0.717, 1.165) is 22.8 Å². The predicted molar refractivity (Wildman–Crippen MR) is 114 cm³/mol. The number of anilines is 1. The number of benzene rings is 3. The Morgan fingerprint density at radius 1 is 0.933 bits per heavy atom. The summed E-state index contributed by atoms with van der Waals surface area (Å²) in [5.74, 6) is -0.458. The molecule has 0 bridgehead atoms. The molecule has 0 unspecified atom stereocenters. The van der Waals surface area contributed by atoms with Gasteiger partial charge in [-0.25, -0.2) is 0 Å². The molecule has 0 fully saturated rings. The number of hydrogen-bond acceptors (Lipinski definition) is 2. The molecule has 0 heterocycles. The third-order valence-corrected chi connectivity index (χ3v) is 4.82. The number of aryl methyl sites for hydroxylation is 2. The fourth-order valence-corrected chi connectivity index (χ4v) is 3.44. The molecule has 0 spiro atoms. The molecule has 3 rings (SSSR count). The van der Waals surface area contributed by atoms with Crippen molar-refractivity contribution in [2.75, 3.05) is 12.4 Å². The van der Waals surface area contributed by atoms with E-state index in [1.165, 1.54) is 12.1 Å². The molecule has 0 saturated heterocycles. The van der Waals surface area contributed by atoms with E-state index in [4.69, 9.17) is 0 Å². The van der Waals surface area contributed by atoms with Gasteiger partial charge >= 0.3 is 6.18 Å². The van der Waals surface area contributed by atoms with Crippen LogP contribution in [0.4, 0.5) is 18.9 Å². The Hall–Kier alpha value is -3.12. The van der Waals surface area contributed by atoms with Crippen molar-refractivity contribution in [3.05, 3.63) is 88.5 Å². The average Bonchev–Trinajstić information content (AvgIpc) is 2.68. The lowest BCUT2D eigenvalue weighted by Crippen LogP contribution is -2.15. The molecule has 0 aliphatic rings. The van der Waals surface area contributed by atoms with Crippen molar-refractivity contribution >= 4 is 11.6 Å². The first-order chi connectivity index (χ1) is 14.2. The molecule has 0 aromatic heterocycles. The van der Waals surface area contributed by atoms with Crippen molar-refractivity contribution in [3.8, 4) is 11.1 Å². The Balaban J connectivity index is 1.95. The number of alkyl halides is 3. The van der Waals surface area contributed by atoms with Crippen LogP contribution in [0.5, 0.6) is 0 Å². The largest absolute Gasteiger partial charge is 0.417 e. The second-order valence-corrected chi connectivity index (χ2v) is 7.26. The standard InChI is InChI=1S/C24H23F3N2O/c1-15-7-9-20(16(2)11-15)21-10-8-19(13-22(21)24(25,26)27)29-23(30)18-6-4-5-17(12-18)14-28-3/h4-13,28H,14H2,1-3H3,(H,29,30). The number of rotatable bonds is 5. The topological polar surface area (TPSA) is 41.1 Å². The third kappa shape index (κ3) is 4.89. The van der Waals surface area contributed by atoms with Gasteiger partial charge in [-0.15, -0.1) is 0 Å². The molecular formula is C24H23F3N2O. The Morgan fingerprint density at radius 2 is 1.67 bits per heavy atom. The van der Waals surface area contributed by atoms with Crippen LogP contribution >= 0.6 is 0 Å². The van der Waals surface area contributed by atoms with Gasteiger partial charge in [0.25, 0.3) is 5.91 Å². The van der Waals surface area contributed by atoms with Crippen molar-refractivity contribution in [3.63, 3.8) is 0 Å². The maximum absolute atomic E-state index is 13.8. The minimum atomic E-state index is -4.56. The number of amides is 1. The van der Waals surface area contributed by atoms with E-state index in [1.54, 1.807) is 44.3 Å². The normalized spacial score (nSPS) is 11.4. The van der Waals surface area contributed by atoms with Crippen LogP contribution in [-0.4, -0.2) is 13.0 Å². The molecule has 3 aromatic carbocycles. The second kappa shape index (κ2) is 8.71. The molecule has 0 aliphatic carbocycles. The zero-order chi connectivity index (χ0) is 21.9. The van der Waals surface area contributed by atoms with Crippen molar-refractivity contribution in [1.82, 2.24) is 5.32 Å². The molecule has 0 radical (unpaired) electrons. The van der Waals surface area contributed by atoms with Gasteiger partial charge in [0.1, 0.15) is 0 Å². The number of hydrogen-bond donors (Lipinski definition) is 2. The molecule has 156 valence electrons. The van der Waals surface area contributed by atoms with Gasteiger partial charge in [-0.05, 0) is 67.4 Å². The summed E-state index contributed by atoms with van der Waals surface area (Å²) >= 11 is 0. The highest BCUT2D eigenvalue weighted by molar-refractivity contribution is 6.04. The van der Waals surface area contributed by atoms with Crippen LogP contribution in [0.2, 0.25) is 0 Å². The third-order valence-electron chi connectivity index (χ3n) is 4.82. The molecule has 0 aliphatic heterocycles. The molecule has 2 N–H and O–H groups in total. The summed E-state index contributed by atoms with van der Waals surface area (Å²) in [4.78, 5) is 12.6. The van der Waals surface area contributed by atoms with E-state index in [1.807, 2.05) is 19.1 Å². The predicted octanol–water partition coefficient (Wildman–Crippen LogP) is 5.96. The van der Waals surface area contributed by atoms with E-state index >= 15 is 0 Å². The highest BCUT2D eigenvalue weighted by atomic mass is 19.4. The van der Waals surface area contributed by atoms with Gasteiger partial charge in [-0.1, -0.05) is 42.0 Å². The second-order valence-electron chi connectivity index (χ2n) is 7.26. The van der Waals surface area contributed by atoms with E-state index in [2.05, 4.69) is 10.6 Å². The minimum Gasteiger partial charge on any atom is -0.322 e. The summed E-state index contributed by atoms with van der Waals surface area (Å²) in [6, 6.07) is 16.2. The average molecular weight is 412 g/mol. The van der Waals surface area contributed by atoms with Crippen LogP contribution in [0.25, 0.3) is 11.1 Å². The van der Waals surface area contributed by atoms with Crippen LogP contribution in [0.3, 0.4) is 0 Å². The highest BCUT2D eigenvalue weighted by Gasteiger charge is 2.34. The summed E-state index contributed by atoms with van der Waals surface area (Å²) in [7, 11) is 1.79. The summed E-state index contributed by atoms with van der Waals surface area (Å²) in [6.45, 7) is 4.27. The van der Waals surface area contributed by atoms with Crippen molar-refractivity contribution in [1.29, 1.82) is 0 Å². The van der Waals surface area contributed by atoms with Crippen LogP contribution in [-0.2, 0) is 12.7 Å². The minimum absolute atomic E-state index is 0.0917. The van der Waals surface area contributed by atoms with Gasteiger partial charge in [0, 0.05) is 17.8 Å². The fraction of sp³-hybridized carbons (Fsp3) is 0.208. The zero-order valence-corrected chi connectivity index (χ0v) is 17.0. The molecule has 1 amide bonds. The van der Waals surface area contributed by atoms with Gasteiger partial charge in [0.15, 0.2) is 0 Å². The Kier molecular flexibility index (Phi) is 6.27. The first kappa shape index (κ1) is 21.6. The summed E-state index contributed by atoms with van der Waals surface area (Å²) in [5.41, 5.74) is 2.96. The van der Waals surface area contributed by atoms with E-state index in [0.29, 0.717) is 17.7 Å². The van der Waals surface area contributed by atoms with Gasteiger partial charge in [0.2, 0.25) is 0 Å². The highest BCUT2D eigenvalue weighted by Crippen LogP contribution is 2.39. The van der Waals surface area contributed by atoms with Gasteiger partial charge in [0.05, 0.1) is 5.56 Å². The molecule has 3 nitrogen and oxygen atoms in total. The zero-order valence-electron chi connectivity index (χ0n) is 17.0. The first-order valence-electron chi connectivity index (χ1n) is 9.53. The molecule has 6 heteroatoms. The Labute approximate surface area is 173 Å². The summed E-state index contributed by atoms with van der Waals surface area (Å²) < 4.78 is 41.4. The molecule has 3 aromatic rings. The number of carbonyl (C=O) groups excluding carboxylic acids is 1. The Morgan fingerprint density at radius 3 is 2.33 bits per heavy atom. The number of carbonyl (C=O) groups is 1. The summed E-state index contributed by atoms with van der Waals surface area (Å²) in [5, 5.41) is 5.58. The fourth-order valence-electron chi connectivity index (χ4n) is 3.44. The van der Waals surface area contributed by atoms with Crippen LogP contribution < -0.4 is 10.6 Å². The molecule has 0 atom stereocenters. The quantitative estimate of drug-likeness (QED) is 0.543. The van der Waals surface area contributed by atoms with Crippen LogP contribution in [0.15, 0.2) is 60.7 Å². The number of nitrogens with one attached hydrogen (secondary N) is 2. The Bertz CT molecular complexity index is 1070. The van der Waals surface area contributed by atoms with E-state index in [9.17, 15) is 18.0 Å². The van der Waals surface area contributed by atoms with Crippen LogP contribution in [0.1, 0.15) is 32.6 Å². The van der Waals surface area contributed by atoms with E-state index in [-0.39, 0.29) is 11.3 Å². The lowest BCUT2D eigenvalue weighted by molar-refractivity contribution is -0.137. The SMILES string of the molecule is CNCc1cccc(C(=O)Nc2ccc(-c3ccc(C)cc3C)c(C(F)(F)F)c2)c1. The molecule has 0 saturated carbocycles. The maximum Gasteiger partial charge on any atom is 0.417 e. The summed E-state index contributed by atoms with van der Waals surface area (Å²) in [6.07, 6.45) is -4.56. The van der Waals surface area contributed by atoms with Crippen molar-refractivity contribution in [2.24, 2.45) is 0 Å². The molecular weight excluding hydrogens is 389 g/mol. The van der Waals surface area contributed by atoms with E-state index < -0.39 is 17.6 Å². The molecule has 30 heavy (non-hydrogen) atoms. The first-order valence-corrected chi connectivity index (χ1v) is 9.53. The van der Waals surface area contributed by atoms with Crippen molar-refractivity contribution < 1.29 is 18.0 Å². The van der Waals surface area contributed by atoms with Gasteiger partial charge < -0.3 is 10.6 Å². The maximum atomic E-state index is 13.8. The number of halogens is 3. The smallest absolute Gasteiger partial charge is 0.322 e. The van der Waals surface area contributed by atoms with Crippen LogP contribution in [0, 0.1) is 13.8 Å². The lowest BCUT2D eigenvalue weighted by atomic mass is 9.94. The lowest BCUT2D eigenvalue weighted by Gasteiger charge is -2.17. The van der Waals surface area contributed by atoms with Gasteiger partial charge in [-0.2, -0.15) is 13.2 Å². The van der Waals surface area contributed by atoms with Crippen molar-refractivity contribution in [2.45, 2.75) is 26.6 Å². The monoisotopic (exact) mass is 412 g/mol. The van der Waals surface area contributed by atoms with Gasteiger partial charge in [-0.3, -0.25) is 4.79 Å².